The maximum absolute atomic E-state index is 13.4. The van der Waals surface area contributed by atoms with Gasteiger partial charge in [-0.2, -0.15) is 0 Å². The molecule has 1 aliphatic heterocycles. The van der Waals surface area contributed by atoms with Crippen molar-refractivity contribution in [2.45, 2.75) is 12.5 Å². The molecule has 1 atom stereocenters. The van der Waals surface area contributed by atoms with Crippen molar-refractivity contribution in [3.05, 3.63) is 35.6 Å². The number of halogens is 1. The summed E-state index contributed by atoms with van der Waals surface area (Å²) < 4.78 is 18.7. The van der Waals surface area contributed by atoms with Crippen molar-refractivity contribution in [2.24, 2.45) is 5.73 Å². The highest BCUT2D eigenvalue weighted by atomic mass is 19.1. The van der Waals surface area contributed by atoms with E-state index in [0.29, 0.717) is 12.0 Å². The quantitative estimate of drug-likeness (QED) is 0.851. The van der Waals surface area contributed by atoms with Crippen LogP contribution in [0.4, 0.5) is 4.39 Å². The molecule has 2 N–H and O–H groups in total. The first-order chi connectivity index (χ1) is 8.25. The Bertz CT molecular complexity index is 353. The number of rotatable bonds is 4. The zero-order valence-electron chi connectivity index (χ0n) is 9.94. The van der Waals surface area contributed by atoms with Gasteiger partial charge in [-0.1, -0.05) is 18.2 Å². The van der Waals surface area contributed by atoms with Crippen molar-refractivity contribution < 1.29 is 9.13 Å². The highest BCUT2D eigenvalue weighted by Gasteiger charge is 2.15. The molecule has 1 unspecified atom stereocenters. The minimum Gasteiger partial charge on any atom is -0.379 e. The SMILES string of the molecule is NC(Cc1ccccc1F)CN1CCOCC1. The van der Waals surface area contributed by atoms with Gasteiger partial charge in [0.15, 0.2) is 0 Å². The van der Waals surface area contributed by atoms with E-state index < -0.39 is 0 Å². The molecule has 1 aromatic carbocycles. The summed E-state index contributed by atoms with van der Waals surface area (Å²) in [6, 6.07) is 6.81. The lowest BCUT2D eigenvalue weighted by atomic mass is 10.1. The predicted molar refractivity (Wildman–Crippen MR) is 65.3 cm³/mol. The number of hydrogen-bond acceptors (Lipinski definition) is 3. The first-order valence-electron chi connectivity index (χ1n) is 6.05. The smallest absolute Gasteiger partial charge is 0.126 e. The third-order valence-corrected chi connectivity index (χ3v) is 3.04. The van der Waals surface area contributed by atoms with Crippen molar-refractivity contribution in [3.8, 4) is 0 Å². The van der Waals surface area contributed by atoms with Gasteiger partial charge in [0.25, 0.3) is 0 Å². The van der Waals surface area contributed by atoms with E-state index in [9.17, 15) is 4.39 Å². The minimum absolute atomic E-state index is 0.0231. The Morgan fingerprint density at radius 2 is 2.00 bits per heavy atom. The number of nitrogens with zero attached hydrogens (tertiary/aromatic N) is 1. The zero-order valence-corrected chi connectivity index (χ0v) is 9.94. The number of nitrogens with two attached hydrogens (primary N) is 1. The summed E-state index contributed by atoms with van der Waals surface area (Å²) in [5, 5.41) is 0. The highest BCUT2D eigenvalue weighted by Crippen LogP contribution is 2.09. The first kappa shape index (κ1) is 12.5. The van der Waals surface area contributed by atoms with Crippen LogP contribution in [0.1, 0.15) is 5.56 Å². The van der Waals surface area contributed by atoms with Crippen LogP contribution in [0, 0.1) is 5.82 Å². The molecular formula is C13H19FN2O. The largest absolute Gasteiger partial charge is 0.379 e. The second-order valence-corrected chi connectivity index (χ2v) is 4.47. The van der Waals surface area contributed by atoms with Crippen molar-refractivity contribution in [3.63, 3.8) is 0 Å². The first-order valence-corrected chi connectivity index (χ1v) is 6.05. The fraction of sp³-hybridized carbons (Fsp3) is 0.538. The second kappa shape index (κ2) is 6.10. The molecule has 0 spiro atoms. The maximum atomic E-state index is 13.4. The summed E-state index contributed by atoms with van der Waals surface area (Å²) in [6.07, 6.45) is 0.587. The molecule has 1 aliphatic rings. The van der Waals surface area contributed by atoms with Gasteiger partial charge >= 0.3 is 0 Å². The van der Waals surface area contributed by atoms with Gasteiger partial charge in [-0.05, 0) is 18.1 Å². The summed E-state index contributed by atoms with van der Waals surface area (Å²) in [4.78, 5) is 2.27. The summed E-state index contributed by atoms with van der Waals surface area (Å²) in [5.74, 6) is -0.162. The molecule has 4 heteroatoms. The van der Waals surface area contributed by atoms with E-state index in [4.69, 9.17) is 10.5 Å². The van der Waals surface area contributed by atoms with E-state index in [1.54, 1.807) is 12.1 Å². The fourth-order valence-corrected chi connectivity index (χ4v) is 2.13. The van der Waals surface area contributed by atoms with Crippen LogP contribution in [0.3, 0.4) is 0 Å². The third kappa shape index (κ3) is 3.77. The minimum atomic E-state index is -0.162. The Labute approximate surface area is 101 Å². The Hall–Kier alpha value is -0.970. The molecular weight excluding hydrogens is 219 g/mol. The average molecular weight is 238 g/mol. The Morgan fingerprint density at radius 1 is 1.29 bits per heavy atom. The Morgan fingerprint density at radius 3 is 2.71 bits per heavy atom. The van der Waals surface area contributed by atoms with E-state index in [1.165, 1.54) is 6.07 Å². The van der Waals surface area contributed by atoms with Crippen molar-refractivity contribution >= 4 is 0 Å². The molecule has 0 bridgehead atoms. The van der Waals surface area contributed by atoms with Gasteiger partial charge in [-0.3, -0.25) is 4.90 Å². The fourth-order valence-electron chi connectivity index (χ4n) is 2.13. The molecule has 3 nitrogen and oxygen atoms in total. The third-order valence-electron chi connectivity index (χ3n) is 3.04. The van der Waals surface area contributed by atoms with Crippen molar-refractivity contribution in [2.75, 3.05) is 32.8 Å². The van der Waals surface area contributed by atoms with Gasteiger partial charge in [0.05, 0.1) is 13.2 Å². The molecule has 0 aromatic heterocycles. The molecule has 1 fully saturated rings. The van der Waals surface area contributed by atoms with Crippen LogP contribution in [0.25, 0.3) is 0 Å². The monoisotopic (exact) mass is 238 g/mol. The molecule has 0 saturated carbocycles. The molecule has 1 aromatic rings. The average Bonchev–Trinajstić information content (AvgIpc) is 2.33. The maximum Gasteiger partial charge on any atom is 0.126 e. The summed E-state index contributed by atoms with van der Waals surface area (Å²) in [7, 11) is 0. The van der Waals surface area contributed by atoms with E-state index in [2.05, 4.69) is 4.90 Å². The number of benzene rings is 1. The number of morpholine rings is 1. The van der Waals surface area contributed by atoms with Crippen molar-refractivity contribution in [1.29, 1.82) is 0 Å². The Kier molecular flexibility index (Phi) is 4.48. The lowest BCUT2D eigenvalue weighted by molar-refractivity contribution is 0.0353. The van der Waals surface area contributed by atoms with Crippen LogP contribution < -0.4 is 5.73 Å². The molecule has 1 saturated heterocycles. The van der Waals surface area contributed by atoms with E-state index >= 15 is 0 Å². The van der Waals surface area contributed by atoms with Crippen LogP contribution >= 0.6 is 0 Å². The molecule has 1 heterocycles. The van der Waals surface area contributed by atoms with Gasteiger partial charge in [-0.25, -0.2) is 4.39 Å². The van der Waals surface area contributed by atoms with Crippen LogP contribution in [-0.2, 0) is 11.2 Å². The summed E-state index contributed by atoms with van der Waals surface area (Å²) in [6.45, 7) is 4.19. The lowest BCUT2D eigenvalue weighted by Gasteiger charge is -2.29. The highest BCUT2D eigenvalue weighted by molar-refractivity contribution is 5.18. The van der Waals surface area contributed by atoms with Gasteiger partial charge in [0.1, 0.15) is 5.82 Å². The zero-order chi connectivity index (χ0) is 12.1. The van der Waals surface area contributed by atoms with E-state index in [1.807, 2.05) is 6.07 Å². The van der Waals surface area contributed by atoms with Crippen LogP contribution in [0.2, 0.25) is 0 Å². The van der Waals surface area contributed by atoms with Gasteiger partial charge in [0.2, 0.25) is 0 Å². The van der Waals surface area contributed by atoms with Gasteiger partial charge < -0.3 is 10.5 Å². The second-order valence-electron chi connectivity index (χ2n) is 4.47. The standard InChI is InChI=1S/C13H19FN2O/c14-13-4-2-1-3-11(13)9-12(15)10-16-5-7-17-8-6-16/h1-4,12H,5-10,15H2. The predicted octanol–water partition coefficient (Wildman–Crippen LogP) is 1.03. The van der Waals surface area contributed by atoms with Crippen LogP contribution in [0.5, 0.6) is 0 Å². The lowest BCUT2D eigenvalue weighted by Crippen LogP contribution is -2.44. The molecule has 94 valence electrons. The van der Waals surface area contributed by atoms with Crippen LogP contribution in [-0.4, -0.2) is 43.8 Å². The number of ether oxygens (including phenoxy) is 1. The summed E-state index contributed by atoms with van der Waals surface area (Å²) in [5.41, 5.74) is 6.76. The topological polar surface area (TPSA) is 38.5 Å². The Balaban J connectivity index is 1.84. The summed E-state index contributed by atoms with van der Waals surface area (Å²) >= 11 is 0. The molecule has 0 radical (unpaired) electrons. The molecule has 0 aliphatic carbocycles. The van der Waals surface area contributed by atoms with E-state index in [-0.39, 0.29) is 11.9 Å². The normalized spacial score (nSPS) is 19.2. The van der Waals surface area contributed by atoms with E-state index in [0.717, 1.165) is 32.8 Å². The number of hydrogen-bond donors (Lipinski definition) is 1. The van der Waals surface area contributed by atoms with Crippen molar-refractivity contribution in [1.82, 2.24) is 4.90 Å². The molecule has 2 rings (SSSR count). The molecule has 17 heavy (non-hydrogen) atoms. The van der Waals surface area contributed by atoms with Crippen LogP contribution in [0.15, 0.2) is 24.3 Å². The molecule has 0 amide bonds. The van der Waals surface area contributed by atoms with Gasteiger partial charge in [0, 0.05) is 25.7 Å². The van der Waals surface area contributed by atoms with Gasteiger partial charge in [-0.15, -0.1) is 0 Å².